The standard InChI is InChI=1S/C9H12F3N3/c1-5-7-4-6(9(10,11)12)2-3-15(7)14-8(5)13/h6H,2-4H2,1H3,(H2,13,14). The summed E-state index contributed by atoms with van der Waals surface area (Å²) in [5.74, 6) is -0.910. The molecule has 6 heteroatoms. The first-order valence-corrected chi connectivity index (χ1v) is 4.78. The molecule has 15 heavy (non-hydrogen) atoms. The van der Waals surface area contributed by atoms with Crippen molar-refractivity contribution in [1.82, 2.24) is 9.78 Å². The van der Waals surface area contributed by atoms with Crippen molar-refractivity contribution in [3.63, 3.8) is 0 Å². The Morgan fingerprint density at radius 3 is 2.73 bits per heavy atom. The third kappa shape index (κ3) is 1.68. The Morgan fingerprint density at radius 1 is 1.47 bits per heavy atom. The molecule has 0 saturated carbocycles. The molecular formula is C9H12F3N3. The summed E-state index contributed by atoms with van der Waals surface area (Å²) in [5.41, 5.74) is 6.87. The summed E-state index contributed by atoms with van der Waals surface area (Å²) in [4.78, 5) is 0. The van der Waals surface area contributed by atoms with E-state index in [1.165, 1.54) is 0 Å². The molecule has 0 aromatic carbocycles. The van der Waals surface area contributed by atoms with Crippen LogP contribution in [0.1, 0.15) is 17.7 Å². The zero-order valence-corrected chi connectivity index (χ0v) is 8.30. The van der Waals surface area contributed by atoms with Crippen LogP contribution in [0.25, 0.3) is 0 Å². The van der Waals surface area contributed by atoms with Crippen molar-refractivity contribution in [2.24, 2.45) is 5.92 Å². The molecule has 2 rings (SSSR count). The summed E-state index contributed by atoms with van der Waals surface area (Å²) in [6.07, 6.45) is -4.02. The topological polar surface area (TPSA) is 43.8 Å². The van der Waals surface area contributed by atoms with Crippen LogP contribution in [0.5, 0.6) is 0 Å². The number of nitrogens with two attached hydrogens (primary N) is 1. The molecule has 0 spiro atoms. The smallest absolute Gasteiger partial charge is 0.382 e. The van der Waals surface area contributed by atoms with E-state index in [1.807, 2.05) is 0 Å². The number of hydrogen-bond donors (Lipinski definition) is 1. The molecule has 1 aliphatic heterocycles. The second-order valence-corrected chi connectivity index (χ2v) is 3.91. The number of aromatic nitrogens is 2. The van der Waals surface area contributed by atoms with Gasteiger partial charge in [-0.2, -0.15) is 18.3 Å². The first-order valence-electron chi connectivity index (χ1n) is 4.78. The van der Waals surface area contributed by atoms with Crippen LogP contribution in [0.2, 0.25) is 0 Å². The molecule has 1 atom stereocenters. The third-order valence-corrected chi connectivity index (χ3v) is 2.95. The van der Waals surface area contributed by atoms with E-state index in [2.05, 4.69) is 5.10 Å². The van der Waals surface area contributed by atoms with E-state index < -0.39 is 12.1 Å². The van der Waals surface area contributed by atoms with Gasteiger partial charge in [-0.15, -0.1) is 0 Å². The Kier molecular flexibility index (Phi) is 2.17. The van der Waals surface area contributed by atoms with Crippen molar-refractivity contribution in [3.05, 3.63) is 11.3 Å². The van der Waals surface area contributed by atoms with Gasteiger partial charge in [0, 0.05) is 24.2 Å². The Hall–Kier alpha value is -1.20. The van der Waals surface area contributed by atoms with E-state index >= 15 is 0 Å². The van der Waals surface area contributed by atoms with E-state index in [0.29, 0.717) is 23.6 Å². The Bertz CT molecular complexity index is 381. The lowest BCUT2D eigenvalue weighted by Gasteiger charge is -2.25. The number of nitrogen functional groups attached to an aromatic ring is 1. The van der Waals surface area contributed by atoms with Gasteiger partial charge in [-0.25, -0.2) is 0 Å². The molecule has 1 aromatic rings. The van der Waals surface area contributed by atoms with Gasteiger partial charge in [0.15, 0.2) is 0 Å². The number of alkyl halides is 3. The molecule has 0 bridgehead atoms. The molecule has 0 saturated heterocycles. The van der Waals surface area contributed by atoms with Crippen LogP contribution in [-0.2, 0) is 13.0 Å². The van der Waals surface area contributed by atoms with Gasteiger partial charge >= 0.3 is 6.18 Å². The summed E-state index contributed by atoms with van der Waals surface area (Å²) >= 11 is 0. The van der Waals surface area contributed by atoms with E-state index in [1.54, 1.807) is 11.6 Å². The van der Waals surface area contributed by atoms with Gasteiger partial charge in [0.2, 0.25) is 0 Å². The number of rotatable bonds is 0. The summed E-state index contributed by atoms with van der Waals surface area (Å²) in [6, 6.07) is 0. The number of fused-ring (bicyclic) bond motifs is 1. The summed E-state index contributed by atoms with van der Waals surface area (Å²) in [5, 5.41) is 3.99. The fourth-order valence-electron chi connectivity index (χ4n) is 1.94. The monoisotopic (exact) mass is 219 g/mol. The van der Waals surface area contributed by atoms with E-state index in [4.69, 9.17) is 5.73 Å². The van der Waals surface area contributed by atoms with Gasteiger partial charge < -0.3 is 5.73 Å². The van der Waals surface area contributed by atoms with Crippen molar-refractivity contribution in [2.75, 3.05) is 5.73 Å². The summed E-state index contributed by atoms with van der Waals surface area (Å²) in [7, 11) is 0. The zero-order chi connectivity index (χ0) is 11.2. The molecule has 1 unspecified atom stereocenters. The minimum absolute atomic E-state index is 0.000463. The van der Waals surface area contributed by atoms with Crippen molar-refractivity contribution < 1.29 is 13.2 Å². The van der Waals surface area contributed by atoms with Crippen LogP contribution in [0.4, 0.5) is 19.0 Å². The van der Waals surface area contributed by atoms with E-state index in [0.717, 1.165) is 0 Å². The number of halogens is 3. The van der Waals surface area contributed by atoms with Crippen molar-refractivity contribution in [1.29, 1.82) is 0 Å². The second-order valence-electron chi connectivity index (χ2n) is 3.91. The first kappa shape index (κ1) is 10.3. The minimum Gasteiger partial charge on any atom is -0.382 e. The zero-order valence-electron chi connectivity index (χ0n) is 8.30. The quantitative estimate of drug-likeness (QED) is 0.724. The Balaban J connectivity index is 2.30. The summed E-state index contributed by atoms with van der Waals surface area (Å²) in [6.45, 7) is 2.02. The van der Waals surface area contributed by atoms with Gasteiger partial charge in [-0.3, -0.25) is 4.68 Å². The summed E-state index contributed by atoms with van der Waals surface area (Å²) < 4.78 is 39.1. The lowest BCUT2D eigenvalue weighted by Crippen LogP contribution is -2.31. The molecule has 0 aliphatic carbocycles. The van der Waals surface area contributed by atoms with Crippen LogP contribution in [0.3, 0.4) is 0 Å². The molecule has 0 radical (unpaired) electrons. The lowest BCUT2D eigenvalue weighted by atomic mass is 9.94. The normalized spacial score (nSPS) is 21.5. The largest absolute Gasteiger partial charge is 0.392 e. The van der Waals surface area contributed by atoms with Crippen LogP contribution in [0.15, 0.2) is 0 Å². The Labute approximate surface area is 85.1 Å². The average Bonchev–Trinajstić information content (AvgIpc) is 2.41. The third-order valence-electron chi connectivity index (χ3n) is 2.95. The predicted molar refractivity (Wildman–Crippen MR) is 49.2 cm³/mol. The highest BCUT2D eigenvalue weighted by Crippen LogP contribution is 2.36. The number of nitrogens with zero attached hydrogens (tertiary/aromatic N) is 2. The highest BCUT2D eigenvalue weighted by atomic mass is 19.4. The molecule has 1 aliphatic rings. The number of anilines is 1. The molecule has 3 nitrogen and oxygen atoms in total. The molecule has 0 fully saturated rings. The number of aryl methyl sites for hydroxylation is 1. The van der Waals surface area contributed by atoms with Crippen molar-refractivity contribution in [3.8, 4) is 0 Å². The molecule has 0 amide bonds. The average molecular weight is 219 g/mol. The van der Waals surface area contributed by atoms with Crippen LogP contribution < -0.4 is 5.73 Å². The number of hydrogen-bond acceptors (Lipinski definition) is 2. The lowest BCUT2D eigenvalue weighted by molar-refractivity contribution is -0.179. The van der Waals surface area contributed by atoms with Crippen LogP contribution >= 0.6 is 0 Å². The van der Waals surface area contributed by atoms with Gasteiger partial charge in [-0.05, 0) is 13.3 Å². The fraction of sp³-hybridized carbons (Fsp3) is 0.667. The highest BCUT2D eigenvalue weighted by Gasteiger charge is 2.42. The highest BCUT2D eigenvalue weighted by molar-refractivity contribution is 5.42. The molecular weight excluding hydrogens is 207 g/mol. The van der Waals surface area contributed by atoms with Gasteiger partial charge in [0.25, 0.3) is 0 Å². The predicted octanol–water partition coefficient (Wildman–Crippen LogP) is 1.90. The van der Waals surface area contributed by atoms with E-state index in [-0.39, 0.29) is 12.8 Å². The van der Waals surface area contributed by atoms with E-state index in [9.17, 15) is 13.2 Å². The van der Waals surface area contributed by atoms with Crippen LogP contribution in [0, 0.1) is 12.8 Å². The Morgan fingerprint density at radius 2 is 2.13 bits per heavy atom. The minimum atomic E-state index is -4.11. The molecule has 1 aromatic heterocycles. The van der Waals surface area contributed by atoms with Crippen LogP contribution in [-0.4, -0.2) is 16.0 Å². The molecule has 2 heterocycles. The maximum Gasteiger partial charge on any atom is 0.392 e. The maximum atomic E-state index is 12.5. The maximum absolute atomic E-state index is 12.5. The van der Waals surface area contributed by atoms with Gasteiger partial charge in [0.1, 0.15) is 5.82 Å². The van der Waals surface area contributed by atoms with Crippen molar-refractivity contribution in [2.45, 2.75) is 32.5 Å². The first-order chi connectivity index (χ1) is 6.89. The SMILES string of the molecule is Cc1c(N)nn2c1CC(C(F)(F)F)CC2. The van der Waals surface area contributed by atoms with Crippen molar-refractivity contribution >= 4 is 5.82 Å². The molecule has 2 N–H and O–H groups in total. The second kappa shape index (κ2) is 3.15. The fourth-order valence-corrected chi connectivity index (χ4v) is 1.94. The molecule has 84 valence electrons. The van der Waals surface area contributed by atoms with Gasteiger partial charge in [-0.1, -0.05) is 0 Å². The van der Waals surface area contributed by atoms with Gasteiger partial charge in [0.05, 0.1) is 5.92 Å².